The molecule has 0 radical (unpaired) electrons. The number of esters is 1. The van der Waals surface area contributed by atoms with Crippen LogP contribution in [0.25, 0.3) is 0 Å². The summed E-state index contributed by atoms with van der Waals surface area (Å²) in [5.74, 6) is -5.11. The van der Waals surface area contributed by atoms with Gasteiger partial charge in [0.05, 0.1) is 42.6 Å². The first-order chi connectivity index (χ1) is 19.4. The minimum Gasteiger partial charge on any atom is -0.465 e. The zero-order valence-corrected chi connectivity index (χ0v) is 23.3. The van der Waals surface area contributed by atoms with E-state index in [0.717, 1.165) is 30.3 Å². The van der Waals surface area contributed by atoms with E-state index in [1.807, 2.05) is 0 Å². The van der Waals surface area contributed by atoms with Crippen molar-refractivity contribution in [1.29, 1.82) is 0 Å². The van der Waals surface area contributed by atoms with Crippen molar-refractivity contribution >= 4 is 40.8 Å². The quantitative estimate of drug-likeness (QED) is 0.148. The van der Waals surface area contributed by atoms with Gasteiger partial charge in [-0.05, 0) is 23.8 Å². The fourth-order valence-corrected chi connectivity index (χ4v) is 3.99. The number of hydrogen-bond acceptors (Lipinski definition) is 8. The summed E-state index contributed by atoms with van der Waals surface area (Å²) in [5, 5.41) is 0.243. The highest BCUT2D eigenvalue weighted by molar-refractivity contribution is 6.30. The number of hydrogen-bond donors (Lipinski definition) is 0. The van der Waals surface area contributed by atoms with Crippen LogP contribution in [0.4, 0.5) is 23.2 Å². The maximum atomic E-state index is 15.5. The molecule has 0 unspecified atom stereocenters. The smallest absolute Gasteiger partial charge is 0.421 e. The number of rotatable bonds is 11. The molecule has 0 atom stereocenters. The Morgan fingerprint density at radius 3 is 2.24 bits per heavy atom. The molecule has 0 aliphatic rings. The fourth-order valence-electron chi connectivity index (χ4n) is 3.73. The predicted molar refractivity (Wildman–Crippen MR) is 140 cm³/mol. The maximum absolute atomic E-state index is 15.5. The van der Waals surface area contributed by atoms with Crippen molar-refractivity contribution in [3.05, 3.63) is 75.9 Å². The van der Waals surface area contributed by atoms with Gasteiger partial charge >= 0.3 is 12.1 Å². The van der Waals surface area contributed by atoms with Crippen molar-refractivity contribution in [2.75, 3.05) is 39.4 Å². The number of carbonyl (C=O) groups excluding carboxylic acids is 2. The van der Waals surface area contributed by atoms with Gasteiger partial charge < -0.3 is 18.9 Å². The van der Waals surface area contributed by atoms with Crippen molar-refractivity contribution in [3.8, 4) is 11.6 Å². The Hall–Kier alpha value is -3.52. The first kappa shape index (κ1) is 32.0. The van der Waals surface area contributed by atoms with E-state index in [-0.39, 0.29) is 41.1 Å². The van der Waals surface area contributed by atoms with Crippen LogP contribution in [0.2, 0.25) is 5.02 Å². The molecule has 0 aliphatic carbocycles. The van der Waals surface area contributed by atoms with Crippen molar-refractivity contribution in [2.24, 2.45) is 0 Å². The average molecular weight is 620 g/mol. The van der Waals surface area contributed by atoms with Crippen molar-refractivity contribution in [1.82, 2.24) is 9.97 Å². The number of ether oxygens (including phenoxy) is 4. The molecule has 3 rings (SSSR count). The van der Waals surface area contributed by atoms with E-state index in [9.17, 15) is 22.8 Å². The summed E-state index contributed by atoms with van der Waals surface area (Å²) >= 11 is 11.5. The highest BCUT2D eigenvalue weighted by atomic mass is 35.5. The van der Waals surface area contributed by atoms with Crippen LogP contribution in [-0.2, 0) is 26.3 Å². The summed E-state index contributed by atoms with van der Waals surface area (Å²) in [4.78, 5) is 35.2. The Bertz CT molecular complexity index is 1390. The molecule has 41 heavy (non-hydrogen) atoms. The summed E-state index contributed by atoms with van der Waals surface area (Å²) in [6.07, 6.45) is -2.67. The van der Waals surface area contributed by atoms with Gasteiger partial charge in [0, 0.05) is 44.6 Å². The van der Waals surface area contributed by atoms with Crippen LogP contribution >= 0.6 is 23.2 Å². The number of alkyl halides is 4. The van der Waals surface area contributed by atoms with Gasteiger partial charge in [-0.25, -0.2) is 19.2 Å². The molecule has 0 aliphatic heterocycles. The van der Waals surface area contributed by atoms with E-state index in [1.165, 1.54) is 32.5 Å². The fraction of sp³-hybridized carbons (Fsp3) is 0.308. The number of halogens is 6. The lowest BCUT2D eigenvalue weighted by atomic mass is 10.1. The van der Waals surface area contributed by atoms with Crippen LogP contribution in [0.5, 0.6) is 11.6 Å². The second kappa shape index (κ2) is 13.9. The van der Waals surface area contributed by atoms with Gasteiger partial charge in [0.25, 0.3) is 5.91 Å². The lowest BCUT2D eigenvalue weighted by molar-refractivity contribution is -0.139. The number of methoxy groups -OCH3 is 3. The molecule has 2 aromatic heterocycles. The number of aromatic nitrogens is 2. The van der Waals surface area contributed by atoms with E-state index in [2.05, 4.69) is 9.97 Å². The Labute approximate surface area is 241 Å². The molecule has 0 saturated carbocycles. The molecule has 220 valence electrons. The largest absolute Gasteiger partial charge is 0.465 e. The van der Waals surface area contributed by atoms with Crippen LogP contribution in [0, 0.1) is 5.82 Å². The van der Waals surface area contributed by atoms with Gasteiger partial charge in [-0.15, -0.1) is 11.6 Å². The topological polar surface area (TPSA) is 100 Å². The Balaban J connectivity index is 2.21. The SMILES string of the molecule is COCC(COC)N(C(=O)c1ccc(Cl)cn1)c1cc(F)c(Oc2ncc(CCl)cc2C(F)(F)F)cc1C(=O)OC. The monoisotopic (exact) mass is 619 g/mol. The van der Waals surface area contributed by atoms with Crippen LogP contribution in [0.15, 0.2) is 42.7 Å². The molecular formula is C26H23Cl2F4N3O6. The Morgan fingerprint density at radius 2 is 1.71 bits per heavy atom. The minimum atomic E-state index is -4.92. The van der Waals surface area contributed by atoms with Crippen LogP contribution in [0.1, 0.15) is 32.0 Å². The maximum Gasteiger partial charge on any atom is 0.421 e. The number of amides is 1. The van der Waals surface area contributed by atoms with Crippen molar-refractivity contribution in [3.63, 3.8) is 0 Å². The van der Waals surface area contributed by atoms with Crippen LogP contribution in [-0.4, -0.2) is 62.4 Å². The molecule has 2 heterocycles. The second-order valence-electron chi connectivity index (χ2n) is 8.32. The predicted octanol–water partition coefficient (Wildman–Crippen LogP) is 5.91. The first-order valence-corrected chi connectivity index (χ1v) is 12.5. The minimum absolute atomic E-state index is 0.0460. The molecule has 0 fully saturated rings. The standard InChI is InChI=1S/C26H23Cl2F4N3O6/c1-38-12-16(13-39-2)35(24(36)20-5-4-15(28)11-33-20)21-8-19(29)22(7-17(21)25(37)40-3)41-23-18(26(30,31)32)6-14(9-27)10-34-23/h4-8,10-11,16H,9,12-13H2,1-3H3. The molecule has 0 N–H and O–H groups in total. The molecule has 1 amide bonds. The second-order valence-corrected chi connectivity index (χ2v) is 9.03. The third-order valence-corrected chi connectivity index (χ3v) is 6.07. The molecule has 0 bridgehead atoms. The highest BCUT2D eigenvalue weighted by Crippen LogP contribution is 2.40. The molecule has 0 saturated heterocycles. The van der Waals surface area contributed by atoms with Gasteiger partial charge in [0.15, 0.2) is 11.6 Å². The number of benzene rings is 1. The van der Waals surface area contributed by atoms with E-state index in [4.69, 9.17) is 42.1 Å². The van der Waals surface area contributed by atoms with Gasteiger partial charge in [-0.1, -0.05) is 11.6 Å². The molecule has 15 heteroatoms. The van der Waals surface area contributed by atoms with E-state index < -0.39 is 52.7 Å². The summed E-state index contributed by atoms with van der Waals surface area (Å²) in [7, 11) is 3.73. The Kier molecular flexibility index (Phi) is 10.8. The summed E-state index contributed by atoms with van der Waals surface area (Å²) in [6.45, 7) is -0.251. The van der Waals surface area contributed by atoms with Crippen molar-refractivity contribution < 1.29 is 46.1 Å². The molecule has 0 spiro atoms. The van der Waals surface area contributed by atoms with E-state index in [0.29, 0.717) is 6.07 Å². The molecule has 9 nitrogen and oxygen atoms in total. The summed E-state index contributed by atoms with van der Waals surface area (Å²) in [6, 6.07) is 4.05. The first-order valence-electron chi connectivity index (χ1n) is 11.6. The van der Waals surface area contributed by atoms with E-state index in [1.54, 1.807) is 0 Å². The molecule has 1 aromatic carbocycles. The zero-order valence-electron chi connectivity index (χ0n) is 21.8. The van der Waals surface area contributed by atoms with E-state index >= 15 is 4.39 Å². The van der Waals surface area contributed by atoms with Gasteiger partial charge in [-0.2, -0.15) is 13.2 Å². The lowest BCUT2D eigenvalue weighted by Crippen LogP contribution is -2.47. The molecular weight excluding hydrogens is 597 g/mol. The van der Waals surface area contributed by atoms with Crippen LogP contribution in [0.3, 0.4) is 0 Å². The highest BCUT2D eigenvalue weighted by Gasteiger charge is 2.37. The third kappa shape index (κ3) is 7.61. The summed E-state index contributed by atoms with van der Waals surface area (Å²) in [5.41, 5.74) is -2.13. The number of nitrogens with zero attached hydrogens (tertiary/aromatic N) is 3. The van der Waals surface area contributed by atoms with Crippen molar-refractivity contribution in [2.45, 2.75) is 18.1 Å². The number of anilines is 1. The third-order valence-electron chi connectivity index (χ3n) is 5.54. The number of carbonyl (C=O) groups is 2. The van der Waals surface area contributed by atoms with Gasteiger partial charge in [0.1, 0.15) is 11.3 Å². The summed E-state index contributed by atoms with van der Waals surface area (Å²) < 4.78 is 77.1. The van der Waals surface area contributed by atoms with Crippen LogP contribution < -0.4 is 9.64 Å². The lowest BCUT2D eigenvalue weighted by Gasteiger charge is -2.32. The average Bonchev–Trinajstić information content (AvgIpc) is 2.94. The Morgan fingerprint density at radius 1 is 1.02 bits per heavy atom. The zero-order chi connectivity index (χ0) is 30.3. The molecule has 3 aromatic rings. The van der Waals surface area contributed by atoms with Gasteiger partial charge in [-0.3, -0.25) is 9.69 Å². The normalized spacial score (nSPS) is 11.5. The number of pyridine rings is 2. The van der Waals surface area contributed by atoms with Gasteiger partial charge in [0.2, 0.25) is 5.88 Å².